The minimum Gasteiger partial charge on any atom is -0.313 e. The first kappa shape index (κ1) is 15.7. The lowest BCUT2D eigenvalue weighted by Crippen LogP contribution is -2.46. The van der Waals surface area contributed by atoms with Crippen molar-refractivity contribution in [1.82, 2.24) is 10.2 Å². The molecule has 2 atom stereocenters. The lowest BCUT2D eigenvalue weighted by atomic mass is 10.1. The Morgan fingerprint density at radius 2 is 2.06 bits per heavy atom. The molecule has 1 aromatic heterocycles. The van der Waals surface area contributed by atoms with Crippen LogP contribution in [0.25, 0.3) is 0 Å². The molecule has 1 aromatic rings. The Labute approximate surface area is 116 Å². The standard InChI is InChI=1S/C15H28N2S/c1-6-14(11-16-12(2)3)17(5)13(4)10-15-8-7-9-18-15/h7-9,12-14,16H,6,10-11H2,1-5H3. The highest BCUT2D eigenvalue weighted by atomic mass is 32.1. The summed E-state index contributed by atoms with van der Waals surface area (Å²) in [7, 11) is 2.26. The zero-order valence-electron chi connectivity index (χ0n) is 12.4. The molecule has 18 heavy (non-hydrogen) atoms. The molecule has 2 nitrogen and oxygen atoms in total. The monoisotopic (exact) mass is 268 g/mol. The molecule has 1 N–H and O–H groups in total. The fourth-order valence-corrected chi connectivity index (χ4v) is 3.00. The Kier molecular flexibility index (Phi) is 6.90. The minimum absolute atomic E-state index is 0.569. The van der Waals surface area contributed by atoms with Gasteiger partial charge in [0, 0.05) is 29.5 Å². The van der Waals surface area contributed by atoms with Crippen LogP contribution in [0.5, 0.6) is 0 Å². The van der Waals surface area contributed by atoms with E-state index >= 15 is 0 Å². The lowest BCUT2D eigenvalue weighted by Gasteiger charge is -2.33. The summed E-state index contributed by atoms with van der Waals surface area (Å²) in [4.78, 5) is 4.01. The molecule has 0 aliphatic carbocycles. The third-order valence-electron chi connectivity index (χ3n) is 3.58. The van der Waals surface area contributed by atoms with E-state index in [1.54, 1.807) is 0 Å². The third-order valence-corrected chi connectivity index (χ3v) is 4.48. The summed E-state index contributed by atoms with van der Waals surface area (Å²) >= 11 is 1.86. The van der Waals surface area contributed by atoms with Crippen molar-refractivity contribution in [3.05, 3.63) is 22.4 Å². The quantitative estimate of drug-likeness (QED) is 0.777. The number of hydrogen-bond acceptors (Lipinski definition) is 3. The molecule has 104 valence electrons. The van der Waals surface area contributed by atoms with Crippen LogP contribution in [0.15, 0.2) is 17.5 Å². The number of thiophene rings is 1. The first-order valence-electron chi connectivity index (χ1n) is 7.02. The van der Waals surface area contributed by atoms with Gasteiger partial charge in [-0.15, -0.1) is 11.3 Å². The maximum atomic E-state index is 3.55. The van der Waals surface area contributed by atoms with Gasteiger partial charge in [-0.25, -0.2) is 0 Å². The lowest BCUT2D eigenvalue weighted by molar-refractivity contribution is 0.172. The van der Waals surface area contributed by atoms with Crippen LogP contribution >= 0.6 is 11.3 Å². The molecule has 0 aliphatic rings. The number of nitrogens with zero attached hydrogens (tertiary/aromatic N) is 1. The highest BCUT2D eigenvalue weighted by Gasteiger charge is 2.18. The molecule has 1 rings (SSSR count). The van der Waals surface area contributed by atoms with Crippen molar-refractivity contribution >= 4 is 11.3 Å². The molecular formula is C15H28N2S. The highest BCUT2D eigenvalue weighted by Crippen LogP contribution is 2.15. The predicted molar refractivity (Wildman–Crippen MR) is 82.5 cm³/mol. The Bertz CT molecular complexity index is 308. The third kappa shape index (κ3) is 5.09. The van der Waals surface area contributed by atoms with Gasteiger partial charge in [-0.2, -0.15) is 0 Å². The number of hydrogen-bond donors (Lipinski definition) is 1. The maximum absolute atomic E-state index is 3.55. The van der Waals surface area contributed by atoms with Gasteiger partial charge in [0.05, 0.1) is 0 Å². The van der Waals surface area contributed by atoms with Gasteiger partial charge in [-0.3, -0.25) is 4.90 Å². The fraction of sp³-hybridized carbons (Fsp3) is 0.733. The molecule has 3 heteroatoms. The minimum atomic E-state index is 0.569. The van der Waals surface area contributed by atoms with Crippen molar-refractivity contribution in [2.24, 2.45) is 0 Å². The smallest absolute Gasteiger partial charge is 0.0218 e. The van der Waals surface area contributed by atoms with Gasteiger partial charge >= 0.3 is 0 Å². The number of likely N-dealkylation sites (N-methyl/N-ethyl adjacent to an activating group) is 1. The summed E-state index contributed by atoms with van der Waals surface area (Å²) in [6.45, 7) is 10.1. The molecule has 0 aliphatic heterocycles. The molecular weight excluding hydrogens is 240 g/mol. The Hall–Kier alpha value is -0.380. The van der Waals surface area contributed by atoms with Crippen LogP contribution in [0.1, 0.15) is 39.0 Å². The van der Waals surface area contributed by atoms with Gasteiger partial charge in [0.25, 0.3) is 0 Å². The predicted octanol–water partition coefficient (Wildman–Crippen LogP) is 3.39. The first-order chi connectivity index (χ1) is 8.54. The highest BCUT2D eigenvalue weighted by molar-refractivity contribution is 7.09. The van der Waals surface area contributed by atoms with Crippen LogP contribution in [-0.4, -0.2) is 36.6 Å². The molecule has 0 saturated heterocycles. The zero-order valence-corrected chi connectivity index (χ0v) is 13.3. The van der Waals surface area contributed by atoms with E-state index in [1.807, 2.05) is 11.3 Å². The van der Waals surface area contributed by atoms with Gasteiger partial charge in [-0.1, -0.05) is 26.8 Å². The van der Waals surface area contributed by atoms with Crippen molar-refractivity contribution in [2.75, 3.05) is 13.6 Å². The molecule has 0 bridgehead atoms. The molecule has 0 saturated carbocycles. The van der Waals surface area contributed by atoms with Crippen molar-refractivity contribution < 1.29 is 0 Å². The van der Waals surface area contributed by atoms with E-state index in [0.29, 0.717) is 18.1 Å². The van der Waals surface area contributed by atoms with E-state index < -0.39 is 0 Å². The van der Waals surface area contributed by atoms with E-state index in [9.17, 15) is 0 Å². The number of rotatable bonds is 8. The summed E-state index contributed by atoms with van der Waals surface area (Å²) in [5, 5.41) is 5.72. The normalized spacial score (nSPS) is 15.3. The second-order valence-electron chi connectivity index (χ2n) is 5.42. The van der Waals surface area contributed by atoms with Crippen LogP contribution in [0.2, 0.25) is 0 Å². The molecule has 0 aromatic carbocycles. The second-order valence-corrected chi connectivity index (χ2v) is 6.46. The average molecular weight is 268 g/mol. The van der Waals surface area contributed by atoms with Crippen molar-refractivity contribution in [2.45, 2.75) is 58.7 Å². The van der Waals surface area contributed by atoms with Crippen molar-refractivity contribution in [3.63, 3.8) is 0 Å². The maximum Gasteiger partial charge on any atom is 0.0218 e. The van der Waals surface area contributed by atoms with Crippen LogP contribution in [0.4, 0.5) is 0 Å². The summed E-state index contributed by atoms with van der Waals surface area (Å²) in [6, 6.07) is 6.18. The first-order valence-corrected chi connectivity index (χ1v) is 7.90. The second kappa shape index (κ2) is 7.93. The van der Waals surface area contributed by atoms with Gasteiger partial charge in [-0.05, 0) is 38.3 Å². The van der Waals surface area contributed by atoms with Crippen molar-refractivity contribution in [1.29, 1.82) is 0 Å². The van der Waals surface area contributed by atoms with Crippen LogP contribution < -0.4 is 5.32 Å². The van der Waals surface area contributed by atoms with Crippen LogP contribution in [0.3, 0.4) is 0 Å². The van der Waals surface area contributed by atoms with Crippen LogP contribution in [-0.2, 0) is 6.42 Å². The Balaban J connectivity index is 2.46. The molecule has 0 fully saturated rings. The summed E-state index contributed by atoms with van der Waals surface area (Å²) in [6.07, 6.45) is 2.36. The Morgan fingerprint density at radius 1 is 1.33 bits per heavy atom. The molecule has 0 radical (unpaired) electrons. The average Bonchev–Trinajstić information content (AvgIpc) is 2.81. The van der Waals surface area contributed by atoms with E-state index in [1.165, 1.54) is 11.3 Å². The topological polar surface area (TPSA) is 15.3 Å². The summed E-state index contributed by atoms with van der Waals surface area (Å²) in [5.74, 6) is 0. The van der Waals surface area contributed by atoms with Gasteiger partial charge in [0.2, 0.25) is 0 Å². The van der Waals surface area contributed by atoms with E-state index in [2.05, 4.69) is 62.5 Å². The Morgan fingerprint density at radius 3 is 2.56 bits per heavy atom. The molecule has 1 heterocycles. The van der Waals surface area contributed by atoms with Gasteiger partial charge in [0.15, 0.2) is 0 Å². The van der Waals surface area contributed by atoms with E-state index in [-0.39, 0.29) is 0 Å². The fourth-order valence-electron chi connectivity index (χ4n) is 2.17. The summed E-state index contributed by atoms with van der Waals surface area (Å²) < 4.78 is 0. The SMILES string of the molecule is CCC(CNC(C)C)N(C)C(C)Cc1cccs1. The van der Waals surface area contributed by atoms with Crippen LogP contribution in [0, 0.1) is 0 Å². The van der Waals surface area contributed by atoms with Crippen molar-refractivity contribution in [3.8, 4) is 0 Å². The van der Waals surface area contributed by atoms with E-state index in [4.69, 9.17) is 0 Å². The molecule has 0 amide bonds. The van der Waals surface area contributed by atoms with E-state index in [0.717, 1.165) is 13.0 Å². The zero-order chi connectivity index (χ0) is 13.5. The summed E-state index contributed by atoms with van der Waals surface area (Å²) in [5.41, 5.74) is 0. The number of nitrogens with one attached hydrogen (secondary N) is 1. The van der Waals surface area contributed by atoms with Gasteiger partial charge in [0.1, 0.15) is 0 Å². The molecule has 0 spiro atoms. The molecule has 2 unspecified atom stereocenters. The van der Waals surface area contributed by atoms with Gasteiger partial charge < -0.3 is 5.32 Å². The largest absolute Gasteiger partial charge is 0.313 e.